The molecule has 0 radical (unpaired) electrons. The van der Waals surface area contributed by atoms with Crippen LogP contribution in [0.3, 0.4) is 0 Å². The van der Waals surface area contributed by atoms with Crippen molar-refractivity contribution in [1.29, 1.82) is 0 Å². The molecule has 2 aliphatic rings. The van der Waals surface area contributed by atoms with Gasteiger partial charge in [-0.25, -0.2) is 0 Å². The molecule has 20 heavy (non-hydrogen) atoms. The lowest BCUT2D eigenvalue weighted by molar-refractivity contribution is 0.173. The zero-order valence-electron chi connectivity index (χ0n) is 11.4. The average Bonchev–Trinajstić information content (AvgIpc) is 3.05. The normalized spacial score (nSPS) is 14.7. The Hall–Kier alpha value is -2.36. The van der Waals surface area contributed by atoms with E-state index in [9.17, 15) is 0 Å². The van der Waals surface area contributed by atoms with E-state index >= 15 is 0 Å². The van der Waals surface area contributed by atoms with Crippen LogP contribution in [0.25, 0.3) is 11.1 Å². The monoisotopic (exact) mass is 270 g/mol. The van der Waals surface area contributed by atoms with Gasteiger partial charge in [-0.3, -0.25) is 0 Å². The van der Waals surface area contributed by atoms with Crippen molar-refractivity contribution in [2.45, 2.75) is 13.8 Å². The zero-order chi connectivity index (χ0) is 13.7. The molecule has 0 amide bonds. The molecule has 0 fully saturated rings. The minimum Gasteiger partial charge on any atom is -0.454 e. The molecule has 4 nitrogen and oxygen atoms in total. The lowest BCUT2D eigenvalue weighted by Crippen LogP contribution is -1.95. The standard InChI is InChI=1S/C16H14O4/c1-9-5-11(15-13(6-9)18-8-19-15)14-10(2)3-4-12-16(14)20-7-17-12/h3-6H,7-8H2,1-2H3. The van der Waals surface area contributed by atoms with Crippen molar-refractivity contribution >= 4 is 0 Å². The second-order valence-corrected chi connectivity index (χ2v) is 5.04. The summed E-state index contributed by atoms with van der Waals surface area (Å²) in [5.41, 5.74) is 4.26. The molecule has 0 N–H and O–H groups in total. The van der Waals surface area contributed by atoms with E-state index in [-0.39, 0.29) is 13.6 Å². The molecule has 2 heterocycles. The van der Waals surface area contributed by atoms with Crippen LogP contribution >= 0.6 is 0 Å². The van der Waals surface area contributed by atoms with Gasteiger partial charge in [0, 0.05) is 11.1 Å². The maximum Gasteiger partial charge on any atom is 0.231 e. The van der Waals surface area contributed by atoms with Gasteiger partial charge >= 0.3 is 0 Å². The van der Waals surface area contributed by atoms with Crippen molar-refractivity contribution in [2.24, 2.45) is 0 Å². The summed E-state index contributed by atoms with van der Waals surface area (Å²) in [5, 5.41) is 0. The predicted molar refractivity (Wildman–Crippen MR) is 73.6 cm³/mol. The van der Waals surface area contributed by atoms with E-state index in [1.54, 1.807) is 0 Å². The Morgan fingerprint density at radius 2 is 1.55 bits per heavy atom. The summed E-state index contributed by atoms with van der Waals surface area (Å²) in [6, 6.07) is 8.06. The molecular weight excluding hydrogens is 256 g/mol. The van der Waals surface area contributed by atoms with Gasteiger partial charge < -0.3 is 18.9 Å². The number of benzene rings is 2. The Kier molecular flexibility index (Phi) is 2.33. The van der Waals surface area contributed by atoms with Crippen LogP contribution in [0.5, 0.6) is 23.0 Å². The number of aryl methyl sites for hydroxylation is 2. The summed E-state index contributed by atoms with van der Waals surface area (Å²) in [7, 11) is 0. The number of hydrogen-bond donors (Lipinski definition) is 0. The van der Waals surface area contributed by atoms with Gasteiger partial charge in [0.25, 0.3) is 0 Å². The fourth-order valence-electron chi connectivity index (χ4n) is 2.74. The quantitative estimate of drug-likeness (QED) is 0.795. The summed E-state index contributed by atoms with van der Waals surface area (Å²) in [6.07, 6.45) is 0. The van der Waals surface area contributed by atoms with Crippen LogP contribution in [-0.4, -0.2) is 13.6 Å². The third-order valence-electron chi connectivity index (χ3n) is 3.63. The highest BCUT2D eigenvalue weighted by Gasteiger charge is 2.26. The smallest absolute Gasteiger partial charge is 0.231 e. The van der Waals surface area contributed by atoms with Crippen LogP contribution in [0.15, 0.2) is 24.3 Å². The first-order valence-corrected chi connectivity index (χ1v) is 6.54. The van der Waals surface area contributed by atoms with Crippen molar-refractivity contribution in [1.82, 2.24) is 0 Å². The molecule has 0 unspecified atom stereocenters. The zero-order valence-corrected chi connectivity index (χ0v) is 11.4. The van der Waals surface area contributed by atoms with E-state index in [2.05, 4.69) is 13.0 Å². The third-order valence-corrected chi connectivity index (χ3v) is 3.63. The minimum absolute atomic E-state index is 0.261. The van der Waals surface area contributed by atoms with Crippen molar-refractivity contribution in [3.05, 3.63) is 35.4 Å². The molecule has 2 aliphatic heterocycles. The van der Waals surface area contributed by atoms with E-state index in [0.717, 1.165) is 45.3 Å². The van der Waals surface area contributed by atoms with Gasteiger partial charge in [-0.15, -0.1) is 0 Å². The molecule has 102 valence electrons. The average molecular weight is 270 g/mol. The third kappa shape index (κ3) is 1.54. The van der Waals surface area contributed by atoms with E-state index in [1.807, 2.05) is 25.1 Å². The maximum absolute atomic E-state index is 5.65. The van der Waals surface area contributed by atoms with E-state index in [0.29, 0.717) is 0 Å². The van der Waals surface area contributed by atoms with Crippen LogP contribution < -0.4 is 18.9 Å². The second kappa shape index (κ2) is 4.07. The molecular formula is C16H14O4. The van der Waals surface area contributed by atoms with Crippen molar-refractivity contribution < 1.29 is 18.9 Å². The molecule has 0 spiro atoms. The summed E-state index contributed by atoms with van der Waals surface area (Å²) < 4.78 is 22.3. The highest BCUT2D eigenvalue weighted by Crippen LogP contribution is 2.50. The fraction of sp³-hybridized carbons (Fsp3) is 0.250. The molecule has 2 aromatic rings. The number of ether oxygens (including phenoxy) is 4. The van der Waals surface area contributed by atoms with Gasteiger partial charge in [0.15, 0.2) is 23.0 Å². The SMILES string of the molecule is Cc1cc2c(c(-c3c(C)ccc4c3OCO4)c1)OCO2. The fourth-order valence-corrected chi connectivity index (χ4v) is 2.74. The Balaban J connectivity index is 2.02. The highest BCUT2D eigenvalue weighted by molar-refractivity contribution is 5.84. The molecule has 0 atom stereocenters. The molecule has 2 aromatic carbocycles. The van der Waals surface area contributed by atoms with E-state index < -0.39 is 0 Å². The van der Waals surface area contributed by atoms with Crippen molar-refractivity contribution in [2.75, 3.05) is 13.6 Å². The van der Waals surface area contributed by atoms with Gasteiger partial charge in [0.2, 0.25) is 13.6 Å². The van der Waals surface area contributed by atoms with E-state index in [1.165, 1.54) is 0 Å². The molecule has 0 saturated heterocycles. The van der Waals surface area contributed by atoms with Crippen LogP contribution in [0, 0.1) is 13.8 Å². The van der Waals surface area contributed by atoms with Gasteiger partial charge in [-0.2, -0.15) is 0 Å². The second-order valence-electron chi connectivity index (χ2n) is 5.04. The largest absolute Gasteiger partial charge is 0.454 e. The Labute approximate surface area is 116 Å². The highest BCUT2D eigenvalue weighted by atomic mass is 16.7. The van der Waals surface area contributed by atoms with Crippen molar-refractivity contribution in [3.8, 4) is 34.1 Å². The van der Waals surface area contributed by atoms with Crippen LogP contribution in [0.4, 0.5) is 0 Å². The lowest BCUT2D eigenvalue weighted by Gasteiger charge is -2.13. The Morgan fingerprint density at radius 3 is 2.40 bits per heavy atom. The molecule has 0 saturated carbocycles. The van der Waals surface area contributed by atoms with Gasteiger partial charge in [-0.1, -0.05) is 6.07 Å². The predicted octanol–water partition coefficient (Wildman–Crippen LogP) is 3.43. The molecule has 4 rings (SSSR count). The summed E-state index contributed by atoms with van der Waals surface area (Å²) in [5.74, 6) is 3.13. The lowest BCUT2D eigenvalue weighted by atomic mass is 9.96. The Morgan fingerprint density at radius 1 is 0.800 bits per heavy atom. The summed E-state index contributed by atoms with van der Waals surface area (Å²) in [4.78, 5) is 0. The number of fused-ring (bicyclic) bond motifs is 2. The first-order valence-electron chi connectivity index (χ1n) is 6.54. The van der Waals surface area contributed by atoms with E-state index in [4.69, 9.17) is 18.9 Å². The van der Waals surface area contributed by atoms with Crippen LogP contribution in [-0.2, 0) is 0 Å². The first-order chi connectivity index (χ1) is 9.74. The molecule has 0 aromatic heterocycles. The van der Waals surface area contributed by atoms with Gasteiger partial charge in [0.05, 0.1) is 0 Å². The van der Waals surface area contributed by atoms with Gasteiger partial charge in [-0.05, 0) is 43.2 Å². The summed E-state index contributed by atoms with van der Waals surface area (Å²) >= 11 is 0. The first kappa shape index (κ1) is 11.5. The van der Waals surface area contributed by atoms with Gasteiger partial charge in [0.1, 0.15) is 0 Å². The topological polar surface area (TPSA) is 36.9 Å². The molecule has 0 bridgehead atoms. The Bertz CT molecular complexity index is 706. The van der Waals surface area contributed by atoms with Crippen LogP contribution in [0.1, 0.15) is 11.1 Å². The summed E-state index contributed by atoms with van der Waals surface area (Å²) in [6.45, 7) is 4.62. The van der Waals surface area contributed by atoms with Crippen LogP contribution in [0.2, 0.25) is 0 Å². The number of rotatable bonds is 1. The maximum atomic E-state index is 5.65. The molecule has 4 heteroatoms. The number of hydrogen-bond acceptors (Lipinski definition) is 4. The minimum atomic E-state index is 0.261. The van der Waals surface area contributed by atoms with Crippen molar-refractivity contribution in [3.63, 3.8) is 0 Å². The molecule has 0 aliphatic carbocycles.